The summed E-state index contributed by atoms with van der Waals surface area (Å²) in [6.45, 7) is 0.888. The van der Waals surface area contributed by atoms with Gasteiger partial charge in [-0.25, -0.2) is 0 Å². The first-order valence-corrected chi connectivity index (χ1v) is 10.4. The van der Waals surface area contributed by atoms with Gasteiger partial charge in [-0.2, -0.15) is 17.7 Å². The number of anilines is 2. The van der Waals surface area contributed by atoms with E-state index < -0.39 is 12.0 Å². The summed E-state index contributed by atoms with van der Waals surface area (Å²) in [5, 5.41) is 13.9. The number of carbonyl (C=O) groups excluding carboxylic acids is 1. The number of hydrogen-bond acceptors (Lipinski definition) is 7. The second-order valence-corrected chi connectivity index (χ2v) is 7.83. The van der Waals surface area contributed by atoms with Gasteiger partial charge in [-0.05, 0) is 25.0 Å². The molecule has 2 aromatic heterocycles. The molecule has 0 aliphatic carbocycles. The van der Waals surface area contributed by atoms with E-state index in [4.69, 9.17) is 21.1 Å². The smallest absolute Gasteiger partial charge is 0.453 e. The molecule has 0 spiro atoms. The topological polar surface area (TPSA) is 93.9 Å². The summed E-state index contributed by atoms with van der Waals surface area (Å²) < 4.78 is 50.5. The van der Waals surface area contributed by atoms with E-state index in [0.717, 1.165) is 0 Å². The molecule has 1 saturated heterocycles. The maximum atomic E-state index is 13.1. The van der Waals surface area contributed by atoms with Crippen molar-refractivity contribution >= 4 is 34.7 Å². The number of methoxy groups -OCH3 is 2. The van der Waals surface area contributed by atoms with Crippen molar-refractivity contribution in [2.24, 2.45) is 5.92 Å². The van der Waals surface area contributed by atoms with E-state index in [0.29, 0.717) is 58.5 Å². The number of piperidine rings is 1. The number of nitrogens with zero attached hydrogens (tertiary/aromatic N) is 5. The van der Waals surface area contributed by atoms with E-state index in [2.05, 4.69) is 20.6 Å². The van der Waals surface area contributed by atoms with Crippen LogP contribution in [-0.4, -0.2) is 53.0 Å². The molecule has 33 heavy (non-hydrogen) atoms. The van der Waals surface area contributed by atoms with Crippen LogP contribution in [0.15, 0.2) is 24.3 Å². The molecular weight excluding hydrogens is 465 g/mol. The zero-order valence-corrected chi connectivity index (χ0v) is 18.4. The molecule has 1 aromatic carbocycles. The fourth-order valence-electron chi connectivity index (χ4n) is 3.68. The molecule has 3 heterocycles. The first-order valence-electron chi connectivity index (χ1n) is 9.98. The predicted molar refractivity (Wildman–Crippen MR) is 114 cm³/mol. The Morgan fingerprint density at radius 1 is 1.12 bits per heavy atom. The Bertz CT molecular complexity index is 1180. The average molecular weight is 485 g/mol. The number of benzene rings is 1. The maximum Gasteiger partial charge on any atom is 0.453 e. The molecule has 1 N–H and O–H groups in total. The van der Waals surface area contributed by atoms with Crippen LogP contribution in [0.2, 0.25) is 5.02 Å². The lowest BCUT2D eigenvalue weighted by atomic mass is 9.96. The number of amides is 1. The second-order valence-electron chi connectivity index (χ2n) is 7.42. The minimum absolute atomic E-state index is 0.00661. The van der Waals surface area contributed by atoms with E-state index in [1.807, 2.05) is 4.90 Å². The standard InChI is InChI=1S/C20H20ClF3N6O3/c1-32-14-9-12(21)13(10-15(14)33-2)25-18(31)11-5-7-29(8-6-11)17-4-3-16-26-27-19(20(22,23)24)30(16)28-17/h3-4,9-11H,5-8H2,1-2H3,(H,25,31). The average Bonchev–Trinajstić information content (AvgIpc) is 3.24. The molecule has 0 bridgehead atoms. The Hall–Kier alpha value is -3.28. The van der Waals surface area contributed by atoms with Gasteiger partial charge in [0.15, 0.2) is 17.1 Å². The molecular formula is C20H20ClF3N6O3. The van der Waals surface area contributed by atoms with Crippen molar-refractivity contribution in [3.8, 4) is 11.5 Å². The zero-order chi connectivity index (χ0) is 23.8. The van der Waals surface area contributed by atoms with Crippen molar-refractivity contribution < 1.29 is 27.4 Å². The number of nitrogens with one attached hydrogen (secondary N) is 1. The normalized spacial score (nSPS) is 15.0. The lowest BCUT2D eigenvalue weighted by molar-refractivity contribution is -0.146. The van der Waals surface area contributed by atoms with Gasteiger partial charge in [0.1, 0.15) is 5.82 Å². The Kier molecular flexibility index (Phi) is 6.19. The third kappa shape index (κ3) is 4.61. The Balaban J connectivity index is 1.43. The number of fused-ring (bicyclic) bond motifs is 1. The van der Waals surface area contributed by atoms with Gasteiger partial charge >= 0.3 is 6.18 Å². The van der Waals surface area contributed by atoms with E-state index in [1.54, 1.807) is 18.2 Å². The number of rotatable bonds is 5. The molecule has 0 radical (unpaired) electrons. The van der Waals surface area contributed by atoms with Crippen molar-refractivity contribution in [3.05, 3.63) is 35.1 Å². The molecule has 1 aliphatic rings. The second kappa shape index (κ2) is 8.93. The third-order valence-electron chi connectivity index (χ3n) is 5.42. The van der Waals surface area contributed by atoms with Crippen molar-refractivity contribution in [2.45, 2.75) is 19.0 Å². The minimum atomic E-state index is -4.67. The van der Waals surface area contributed by atoms with Gasteiger partial charge in [-0.3, -0.25) is 4.79 Å². The summed E-state index contributed by atoms with van der Waals surface area (Å²) in [7, 11) is 2.97. The van der Waals surface area contributed by atoms with Gasteiger partial charge in [0.25, 0.3) is 5.82 Å². The lowest BCUT2D eigenvalue weighted by Crippen LogP contribution is -2.38. The summed E-state index contributed by atoms with van der Waals surface area (Å²) in [6, 6.07) is 6.17. The number of carbonyl (C=O) groups is 1. The molecule has 0 saturated carbocycles. The quantitative estimate of drug-likeness (QED) is 0.590. The summed E-state index contributed by atoms with van der Waals surface area (Å²) in [6.07, 6.45) is -3.68. The molecule has 0 atom stereocenters. The van der Waals surface area contributed by atoms with Gasteiger partial charge in [-0.15, -0.1) is 15.3 Å². The SMILES string of the molecule is COc1cc(Cl)c(NC(=O)C2CCN(c3ccc4nnc(C(F)(F)F)n4n3)CC2)cc1OC. The summed E-state index contributed by atoms with van der Waals surface area (Å²) in [4.78, 5) is 14.6. The van der Waals surface area contributed by atoms with Gasteiger partial charge in [0, 0.05) is 31.1 Å². The Morgan fingerprint density at radius 3 is 2.42 bits per heavy atom. The van der Waals surface area contributed by atoms with Crippen LogP contribution in [0.4, 0.5) is 24.7 Å². The number of hydrogen-bond donors (Lipinski definition) is 1. The van der Waals surface area contributed by atoms with Crippen LogP contribution in [0.5, 0.6) is 11.5 Å². The monoisotopic (exact) mass is 484 g/mol. The summed E-state index contributed by atoms with van der Waals surface area (Å²) in [5.74, 6) is -0.448. The fourth-order valence-corrected chi connectivity index (χ4v) is 3.88. The lowest BCUT2D eigenvalue weighted by Gasteiger charge is -2.32. The first-order chi connectivity index (χ1) is 15.7. The molecule has 3 aromatic rings. The Labute approximate surface area is 191 Å². The van der Waals surface area contributed by atoms with E-state index in [9.17, 15) is 18.0 Å². The number of alkyl halides is 3. The van der Waals surface area contributed by atoms with Crippen LogP contribution in [0.25, 0.3) is 5.65 Å². The van der Waals surface area contributed by atoms with Crippen LogP contribution in [0.1, 0.15) is 18.7 Å². The Morgan fingerprint density at radius 2 is 1.79 bits per heavy atom. The molecule has 0 unspecified atom stereocenters. The van der Waals surface area contributed by atoms with Crippen molar-refractivity contribution in [3.63, 3.8) is 0 Å². The largest absolute Gasteiger partial charge is 0.493 e. The van der Waals surface area contributed by atoms with Gasteiger partial charge in [0.05, 0.1) is 24.9 Å². The highest BCUT2D eigenvalue weighted by Crippen LogP contribution is 2.36. The summed E-state index contributed by atoms with van der Waals surface area (Å²) in [5.41, 5.74) is 0.410. The molecule has 4 rings (SSSR count). The highest BCUT2D eigenvalue weighted by Gasteiger charge is 2.38. The van der Waals surface area contributed by atoms with Crippen LogP contribution in [0, 0.1) is 5.92 Å². The van der Waals surface area contributed by atoms with Gasteiger partial charge in [-0.1, -0.05) is 11.6 Å². The van der Waals surface area contributed by atoms with Crippen LogP contribution in [0.3, 0.4) is 0 Å². The van der Waals surface area contributed by atoms with Crippen molar-refractivity contribution in [1.82, 2.24) is 19.8 Å². The molecule has 13 heteroatoms. The minimum Gasteiger partial charge on any atom is -0.493 e. The molecule has 1 aliphatic heterocycles. The fraction of sp³-hybridized carbons (Fsp3) is 0.400. The van der Waals surface area contributed by atoms with Crippen LogP contribution >= 0.6 is 11.6 Å². The van der Waals surface area contributed by atoms with E-state index >= 15 is 0 Å². The molecule has 1 amide bonds. The summed E-state index contributed by atoms with van der Waals surface area (Å²) >= 11 is 6.25. The molecule has 9 nitrogen and oxygen atoms in total. The number of ether oxygens (including phenoxy) is 2. The predicted octanol–water partition coefficient (Wildman–Crippen LogP) is 3.67. The molecule has 176 valence electrons. The first kappa shape index (κ1) is 22.9. The van der Waals surface area contributed by atoms with Gasteiger partial charge < -0.3 is 19.7 Å². The third-order valence-corrected chi connectivity index (χ3v) is 5.74. The van der Waals surface area contributed by atoms with Crippen molar-refractivity contribution in [1.29, 1.82) is 0 Å². The zero-order valence-electron chi connectivity index (χ0n) is 17.7. The molecule has 1 fully saturated rings. The van der Waals surface area contributed by atoms with E-state index in [1.165, 1.54) is 20.3 Å². The maximum absolute atomic E-state index is 13.1. The van der Waals surface area contributed by atoms with Crippen LogP contribution < -0.4 is 19.7 Å². The van der Waals surface area contributed by atoms with E-state index in [-0.39, 0.29) is 17.5 Å². The highest BCUT2D eigenvalue weighted by atomic mass is 35.5. The highest BCUT2D eigenvalue weighted by molar-refractivity contribution is 6.34. The van der Waals surface area contributed by atoms with Gasteiger partial charge in [0.2, 0.25) is 5.91 Å². The number of aromatic nitrogens is 4. The van der Waals surface area contributed by atoms with Crippen molar-refractivity contribution in [2.75, 3.05) is 37.5 Å². The number of halogens is 4. The van der Waals surface area contributed by atoms with Crippen LogP contribution in [-0.2, 0) is 11.0 Å².